The number of H-pyrrole nitrogens is 1. The number of imidazole rings is 1. The first-order valence-electron chi connectivity index (χ1n) is 6.27. The number of oxazole rings is 1. The summed E-state index contributed by atoms with van der Waals surface area (Å²) < 4.78 is 5.00. The second-order valence-electron chi connectivity index (χ2n) is 4.48. The average molecular weight is 283 g/mol. The van der Waals surface area contributed by atoms with E-state index in [0.717, 1.165) is 11.3 Å². The molecular formula is C14H13N5O2. The molecule has 4 N–H and O–H groups in total. The van der Waals surface area contributed by atoms with E-state index in [9.17, 15) is 4.79 Å². The van der Waals surface area contributed by atoms with Gasteiger partial charge in [0.15, 0.2) is 0 Å². The van der Waals surface area contributed by atoms with E-state index >= 15 is 0 Å². The maximum absolute atomic E-state index is 12.1. The fraction of sp³-hybridized carbons (Fsp3) is 0.0714. The van der Waals surface area contributed by atoms with Crippen molar-refractivity contribution >= 4 is 17.6 Å². The number of carbonyl (C=O) groups is 1. The van der Waals surface area contributed by atoms with Gasteiger partial charge in [0.25, 0.3) is 11.9 Å². The first-order valence-corrected chi connectivity index (χ1v) is 6.27. The fourth-order valence-corrected chi connectivity index (χ4v) is 1.92. The van der Waals surface area contributed by atoms with Crippen molar-refractivity contribution in [1.29, 1.82) is 0 Å². The number of amides is 1. The summed E-state index contributed by atoms with van der Waals surface area (Å²) in [4.78, 5) is 23.2. The second-order valence-corrected chi connectivity index (χ2v) is 4.48. The van der Waals surface area contributed by atoms with E-state index in [-0.39, 0.29) is 11.8 Å². The molecule has 0 bridgehead atoms. The number of hydrogen-bond donors (Lipinski definition) is 3. The van der Waals surface area contributed by atoms with Gasteiger partial charge < -0.3 is 20.5 Å². The number of rotatable bonds is 3. The predicted octanol–water partition coefficient (Wildman–Crippen LogP) is 2.21. The molecule has 1 amide bonds. The normalized spacial score (nSPS) is 10.5. The number of carbonyl (C=O) groups excluding carboxylic acids is 1. The minimum atomic E-state index is -0.421. The molecule has 0 saturated heterocycles. The summed E-state index contributed by atoms with van der Waals surface area (Å²) in [5, 5.41) is 2.76. The number of nitrogens with two attached hydrogens (primary N) is 1. The van der Waals surface area contributed by atoms with Crippen LogP contribution in [-0.4, -0.2) is 20.9 Å². The Kier molecular flexibility index (Phi) is 3.15. The Hall–Kier alpha value is -3.09. The van der Waals surface area contributed by atoms with Crippen LogP contribution in [-0.2, 0) is 0 Å². The summed E-state index contributed by atoms with van der Waals surface area (Å²) in [5.41, 5.74) is 7.70. The van der Waals surface area contributed by atoms with Gasteiger partial charge in [-0.05, 0) is 19.1 Å². The molecule has 0 aliphatic rings. The number of nitrogens with zero attached hydrogens (tertiary/aromatic N) is 2. The lowest BCUT2D eigenvalue weighted by molar-refractivity contribution is 0.0997. The molecule has 106 valence electrons. The molecule has 7 nitrogen and oxygen atoms in total. The summed E-state index contributed by atoms with van der Waals surface area (Å²) in [7, 11) is 0. The number of anilines is 2. The standard InChI is InChI=1S/C14H13N5O2/c1-8-6-16-12(18-8)9-4-2-3-5-10(9)19-13(20)11-7-17-14(15)21-11/h2-7H,1H3,(H2,15,17)(H,16,18)(H,19,20). The van der Waals surface area contributed by atoms with E-state index < -0.39 is 5.91 Å². The van der Waals surface area contributed by atoms with Crippen LogP contribution in [0.25, 0.3) is 11.4 Å². The van der Waals surface area contributed by atoms with Gasteiger partial charge in [-0.3, -0.25) is 4.79 Å². The van der Waals surface area contributed by atoms with Crippen molar-refractivity contribution in [3.8, 4) is 11.4 Å². The molecule has 21 heavy (non-hydrogen) atoms. The molecule has 0 atom stereocenters. The highest BCUT2D eigenvalue weighted by Crippen LogP contribution is 2.25. The average Bonchev–Trinajstić information content (AvgIpc) is 3.08. The maximum Gasteiger partial charge on any atom is 0.293 e. The third-order valence-corrected chi connectivity index (χ3v) is 2.88. The van der Waals surface area contributed by atoms with Gasteiger partial charge >= 0.3 is 0 Å². The van der Waals surface area contributed by atoms with Crippen LogP contribution in [0.15, 0.2) is 41.1 Å². The predicted molar refractivity (Wildman–Crippen MR) is 77.6 cm³/mol. The number of nitrogen functional groups attached to an aromatic ring is 1. The van der Waals surface area contributed by atoms with Crippen LogP contribution in [0.2, 0.25) is 0 Å². The lowest BCUT2D eigenvalue weighted by atomic mass is 10.1. The Morgan fingerprint density at radius 3 is 2.76 bits per heavy atom. The van der Waals surface area contributed by atoms with E-state index in [1.807, 2.05) is 25.1 Å². The lowest BCUT2D eigenvalue weighted by Crippen LogP contribution is -2.11. The van der Waals surface area contributed by atoms with Gasteiger partial charge in [0, 0.05) is 17.5 Å². The van der Waals surface area contributed by atoms with Crippen LogP contribution in [0.1, 0.15) is 16.2 Å². The van der Waals surface area contributed by atoms with Crippen molar-refractivity contribution in [3.63, 3.8) is 0 Å². The van der Waals surface area contributed by atoms with Crippen LogP contribution in [0.5, 0.6) is 0 Å². The Morgan fingerprint density at radius 1 is 1.29 bits per heavy atom. The van der Waals surface area contributed by atoms with Crippen LogP contribution in [0.4, 0.5) is 11.7 Å². The fourth-order valence-electron chi connectivity index (χ4n) is 1.92. The summed E-state index contributed by atoms with van der Waals surface area (Å²) in [5.74, 6) is 0.313. The lowest BCUT2D eigenvalue weighted by Gasteiger charge is -2.08. The Balaban J connectivity index is 1.91. The minimum Gasteiger partial charge on any atom is -0.418 e. The third-order valence-electron chi connectivity index (χ3n) is 2.88. The highest BCUT2D eigenvalue weighted by molar-refractivity contribution is 6.04. The molecule has 3 aromatic rings. The van der Waals surface area contributed by atoms with Crippen LogP contribution >= 0.6 is 0 Å². The van der Waals surface area contributed by atoms with Gasteiger partial charge in [-0.2, -0.15) is 0 Å². The maximum atomic E-state index is 12.1. The Labute approximate surface area is 120 Å². The van der Waals surface area contributed by atoms with Gasteiger partial charge in [-0.15, -0.1) is 0 Å². The number of nitrogens with one attached hydrogen (secondary N) is 2. The molecule has 0 unspecified atom stereocenters. The second kappa shape index (κ2) is 5.12. The summed E-state index contributed by atoms with van der Waals surface area (Å²) in [6.45, 7) is 1.91. The van der Waals surface area contributed by atoms with Crippen molar-refractivity contribution in [1.82, 2.24) is 15.0 Å². The molecule has 3 rings (SSSR count). The zero-order valence-corrected chi connectivity index (χ0v) is 11.3. The van der Waals surface area contributed by atoms with E-state index in [0.29, 0.717) is 11.5 Å². The van der Waals surface area contributed by atoms with Crippen molar-refractivity contribution in [2.24, 2.45) is 0 Å². The smallest absolute Gasteiger partial charge is 0.293 e. The van der Waals surface area contributed by atoms with Crippen molar-refractivity contribution in [2.45, 2.75) is 6.92 Å². The summed E-state index contributed by atoms with van der Waals surface area (Å²) in [6.07, 6.45) is 3.01. The summed E-state index contributed by atoms with van der Waals surface area (Å²) in [6, 6.07) is 7.29. The van der Waals surface area contributed by atoms with Gasteiger partial charge in [-0.1, -0.05) is 12.1 Å². The number of aromatic nitrogens is 3. The molecular weight excluding hydrogens is 270 g/mol. The van der Waals surface area contributed by atoms with Gasteiger partial charge in [0.05, 0.1) is 11.9 Å². The highest BCUT2D eigenvalue weighted by Gasteiger charge is 2.15. The van der Waals surface area contributed by atoms with Gasteiger partial charge in [-0.25, -0.2) is 9.97 Å². The van der Waals surface area contributed by atoms with Gasteiger partial charge in [0.1, 0.15) is 5.82 Å². The van der Waals surface area contributed by atoms with Crippen molar-refractivity contribution in [2.75, 3.05) is 11.1 Å². The van der Waals surface area contributed by atoms with E-state index in [4.69, 9.17) is 10.2 Å². The largest absolute Gasteiger partial charge is 0.418 e. The first kappa shape index (κ1) is 12.9. The van der Waals surface area contributed by atoms with E-state index in [1.54, 1.807) is 12.3 Å². The van der Waals surface area contributed by atoms with E-state index in [2.05, 4.69) is 20.3 Å². The third kappa shape index (κ3) is 2.62. The summed E-state index contributed by atoms with van der Waals surface area (Å²) >= 11 is 0. The van der Waals surface area contributed by atoms with Crippen LogP contribution in [0, 0.1) is 6.92 Å². The monoisotopic (exact) mass is 283 g/mol. The molecule has 1 aromatic carbocycles. The zero-order valence-electron chi connectivity index (χ0n) is 11.3. The molecule has 0 saturated carbocycles. The van der Waals surface area contributed by atoms with Crippen molar-refractivity contribution in [3.05, 3.63) is 48.1 Å². The molecule has 0 fully saturated rings. The topological polar surface area (TPSA) is 110 Å². The Morgan fingerprint density at radius 2 is 2.10 bits per heavy atom. The molecule has 2 aromatic heterocycles. The molecule has 2 heterocycles. The number of benzene rings is 1. The number of hydrogen-bond acceptors (Lipinski definition) is 5. The Bertz CT molecular complexity index is 790. The molecule has 0 aliphatic carbocycles. The molecule has 0 radical (unpaired) electrons. The molecule has 0 aliphatic heterocycles. The van der Waals surface area contributed by atoms with Gasteiger partial charge in [0.2, 0.25) is 5.76 Å². The minimum absolute atomic E-state index is 0.0462. The SMILES string of the molecule is Cc1cnc(-c2ccccc2NC(=O)c2cnc(N)o2)[nH]1. The first-order chi connectivity index (χ1) is 10.1. The number of aryl methyl sites for hydroxylation is 1. The highest BCUT2D eigenvalue weighted by atomic mass is 16.4. The van der Waals surface area contributed by atoms with E-state index in [1.165, 1.54) is 6.20 Å². The van der Waals surface area contributed by atoms with Crippen molar-refractivity contribution < 1.29 is 9.21 Å². The van der Waals surface area contributed by atoms with Crippen LogP contribution in [0.3, 0.4) is 0 Å². The van der Waals surface area contributed by atoms with Crippen LogP contribution < -0.4 is 11.1 Å². The quantitative estimate of drug-likeness (QED) is 0.682. The zero-order chi connectivity index (χ0) is 14.8. The molecule has 0 spiro atoms. The molecule has 7 heteroatoms. The number of para-hydroxylation sites is 1. The number of aromatic amines is 1.